The van der Waals surface area contributed by atoms with Crippen LogP contribution in [0.1, 0.15) is 39.0 Å². The highest BCUT2D eigenvalue weighted by atomic mass is 19.1. The van der Waals surface area contributed by atoms with Gasteiger partial charge in [-0.2, -0.15) is 0 Å². The summed E-state index contributed by atoms with van der Waals surface area (Å²) in [5, 5.41) is 3.42. The van der Waals surface area contributed by atoms with Crippen molar-refractivity contribution in [1.82, 2.24) is 4.57 Å². The SMILES string of the molecule is CCc1c(NC(N)=O)c2c(OCC(=O)OC(C)(C)C)cccc2n1Cc1ccccc1-c1ccc(F)cc1. The van der Waals surface area contributed by atoms with Gasteiger partial charge in [0, 0.05) is 12.2 Å². The van der Waals surface area contributed by atoms with E-state index in [1.165, 1.54) is 12.1 Å². The van der Waals surface area contributed by atoms with Crippen LogP contribution in [-0.2, 0) is 22.5 Å². The predicted octanol–water partition coefficient (Wildman–Crippen LogP) is 6.27. The summed E-state index contributed by atoms with van der Waals surface area (Å²) in [5.41, 5.74) is 9.98. The topological polar surface area (TPSA) is 95.6 Å². The standard InChI is InChI=1S/C30H32FN3O4/c1-5-23-28(33-29(32)36)27-24(11-8-12-25(27)37-18-26(35)38-30(2,3)4)34(23)17-20-9-6-7-10-22(20)19-13-15-21(31)16-14-19/h6-16H,5,17-18H2,1-4H3,(H3,32,33,36). The van der Waals surface area contributed by atoms with Gasteiger partial charge in [-0.15, -0.1) is 0 Å². The molecule has 2 amide bonds. The Morgan fingerprint density at radius 2 is 1.71 bits per heavy atom. The number of aromatic nitrogens is 1. The fourth-order valence-corrected chi connectivity index (χ4v) is 4.59. The van der Waals surface area contributed by atoms with E-state index in [1.807, 2.05) is 43.3 Å². The summed E-state index contributed by atoms with van der Waals surface area (Å²) >= 11 is 0. The lowest BCUT2D eigenvalue weighted by Crippen LogP contribution is -2.27. The third kappa shape index (κ3) is 5.96. The molecule has 0 saturated heterocycles. The van der Waals surface area contributed by atoms with Crippen molar-refractivity contribution in [2.75, 3.05) is 11.9 Å². The first-order chi connectivity index (χ1) is 18.1. The second kappa shape index (κ2) is 11.0. The van der Waals surface area contributed by atoms with E-state index in [9.17, 15) is 14.0 Å². The number of fused-ring (bicyclic) bond motifs is 1. The first kappa shape index (κ1) is 26.7. The number of esters is 1. The van der Waals surface area contributed by atoms with Crippen molar-refractivity contribution in [2.45, 2.75) is 46.3 Å². The maximum Gasteiger partial charge on any atom is 0.344 e. The van der Waals surface area contributed by atoms with E-state index in [1.54, 1.807) is 39.0 Å². The molecule has 8 heteroatoms. The molecule has 3 aromatic carbocycles. The Kier molecular flexibility index (Phi) is 7.71. The van der Waals surface area contributed by atoms with Crippen LogP contribution in [0.3, 0.4) is 0 Å². The number of carbonyl (C=O) groups is 2. The van der Waals surface area contributed by atoms with Crippen LogP contribution in [0.4, 0.5) is 14.9 Å². The zero-order valence-corrected chi connectivity index (χ0v) is 22.0. The van der Waals surface area contributed by atoms with Crippen molar-refractivity contribution in [3.8, 4) is 16.9 Å². The summed E-state index contributed by atoms with van der Waals surface area (Å²) in [5.74, 6) is -0.364. The quantitative estimate of drug-likeness (QED) is 0.269. The molecule has 198 valence electrons. The Hall–Kier alpha value is -4.33. The van der Waals surface area contributed by atoms with Crippen LogP contribution in [-0.4, -0.2) is 28.8 Å². The van der Waals surface area contributed by atoms with Crippen molar-refractivity contribution in [3.63, 3.8) is 0 Å². The van der Waals surface area contributed by atoms with Gasteiger partial charge in [0.1, 0.15) is 17.2 Å². The third-order valence-electron chi connectivity index (χ3n) is 6.01. The number of urea groups is 1. The number of amides is 2. The van der Waals surface area contributed by atoms with Crippen LogP contribution in [0.15, 0.2) is 66.7 Å². The first-order valence-electron chi connectivity index (χ1n) is 12.5. The second-order valence-electron chi connectivity index (χ2n) is 9.94. The number of benzene rings is 3. The number of hydrogen-bond acceptors (Lipinski definition) is 4. The van der Waals surface area contributed by atoms with Crippen molar-refractivity contribution in [3.05, 3.63) is 83.8 Å². The summed E-state index contributed by atoms with van der Waals surface area (Å²) in [4.78, 5) is 24.3. The fraction of sp³-hybridized carbons (Fsp3) is 0.267. The van der Waals surface area contributed by atoms with Crippen LogP contribution in [0, 0.1) is 5.82 Å². The number of carbonyl (C=O) groups excluding carboxylic acids is 2. The largest absolute Gasteiger partial charge is 0.481 e. The molecule has 0 bridgehead atoms. The van der Waals surface area contributed by atoms with E-state index in [2.05, 4.69) is 9.88 Å². The van der Waals surface area contributed by atoms with E-state index in [0.29, 0.717) is 29.8 Å². The van der Waals surface area contributed by atoms with Gasteiger partial charge in [0.15, 0.2) is 6.61 Å². The molecule has 3 N–H and O–H groups in total. The van der Waals surface area contributed by atoms with Crippen LogP contribution >= 0.6 is 0 Å². The van der Waals surface area contributed by atoms with Crippen LogP contribution < -0.4 is 15.8 Å². The maximum atomic E-state index is 13.6. The summed E-state index contributed by atoms with van der Waals surface area (Å²) < 4.78 is 26.9. The summed E-state index contributed by atoms with van der Waals surface area (Å²) in [6, 6.07) is 19.1. The average Bonchev–Trinajstić information content (AvgIpc) is 3.14. The van der Waals surface area contributed by atoms with Gasteiger partial charge >= 0.3 is 12.0 Å². The number of rotatable bonds is 8. The fourth-order valence-electron chi connectivity index (χ4n) is 4.59. The number of anilines is 1. The van der Waals surface area contributed by atoms with Crippen molar-refractivity contribution < 1.29 is 23.5 Å². The monoisotopic (exact) mass is 517 g/mol. The molecule has 38 heavy (non-hydrogen) atoms. The Morgan fingerprint density at radius 1 is 1.00 bits per heavy atom. The van der Waals surface area contributed by atoms with Gasteiger partial charge in [0.25, 0.3) is 0 Å². The van der Waals surface area contributed by atoms with Gasteiger partial charge in [-0.25, -0.2) is 14.0 Å². The number of nitrogens with zero attached hydrogens (tertiary/aromatic N) is 1. The number of ether oxygens (including phenoxy) is 2. The average molecular weight is 518 g/mol. The first-order valence-corrected chi connectivity index (χ1v) is 12.5. The summed E-state index contributed by atoms with van der Waals surface area (Å²) in [7, 11) is 0. The molecular formula is C30H32FN3O4. The molecule has 0 aliphatic carbocycles. The number of nitrogens with one attached hydrogen (secondary N) is 1. The molecule has 0 atom stereocenters. The molecule has 0 unspecified atom stereocenters. The second-order valence-corrected chi connectivity index (χ2v) is 9.94. The number of nitrogens with two attached hydrogens (primary N) is 1. The summed E-state index contributed by atoms with van der Waals surface area (Å²) in [6.07, 6.45) is 0.592. The number of primary amides is 1. The zero-order valence-electron chi connectivity index (χ0n) is 22.0. The van der Waals surface area contributed by atoms with E-state index in [-0.39, 0.29) is 12.4 Å². The number of hydrogen-bond donors (Lipinski definition) is 2. The molecule has 1 heterocycles. The molecule has 0 aliphatic heterocycles. The van der Waals surface area contributed by atoms with Gasteiger partial charge in [0.05, 0.1) is 16.6 Å². The molecular weight excluding hydrogens is 485 g/mol. The van der Waals surface area contributed by atoms with Crippen LogP contribution in [0.25, 0.3) is 22.0 Å². The highest BCUT2D eigenvalue weighted by Gasteiger charge is 2.23. The van der Waals surface area contributed by atoms with Gasteiger partial charge < -0.3 is 25.1 Å². The lowest BCUT2D eigenvalue weighted by Gasteiger charge is -2.19. The van der Waals surface area contributed by atoms with Crippen molar-refractivity contribution >= 4 is 28.6 Å². The molecule has 0 saturated carbocycles. The lowest BCUT2D eigenvalue weighted by atomic mass is 9.99. The molecule has 0 aliphatic rings. The minimum absolute atomic E-state index is 0.285. The molecule has 0 radical (unpaired) electrons. The van der Waals surface area contributed by atoms with Gasteiger partial charge in [-0.3, -0.25) is 0 Å². The van der Waals surface area contributed by atoms with Gasteiger partial charge in [-0.1, -0.05) is 49.4 Å². The minimum atomic E-state index is -0.701. The Labute approximate surface area is 221 Å². The van der Waals surface area contributed by atoms with Crippen molar-refractivity contribution in [1.29, 1.82) is 0 Å². The highest BCUT2D eigenvalue weighted by molar-refractivity contribution is 6.06. The maximum absolute atomic E-state index is 13.6. The van der Waals surface area contributed by atoms with Crippen LogP contribution in [0.5, 0.6) is 5.75 Å². The van der Waals surface area contributed by atoms with Gasteiger partial charge in [-0.05, 0) is 68.1 Å². The van der Waals surface area contributed by atoms with E-state index < -0.39 is 17.6 Å². The normalized spacial score (nSPS) is 11.4. The van der Waals surface area contributed by atoms with Gasteiger partial charge in [0.2, 0.25) is 0 Å². The van der Waals surface area contributed by atoms with E-state index >= 15 is 0 Å². The Morgan fingerprint density at radius 3 is 2.37 bits per heavy atom. The Balaban J connectivity index is 1.80. The molecule has 0 fully saturated rings. The lowest BCUT2D eigenvalue weighted by molar-refractivity contribution is -0.157. The highest BCUT2D eigenvalue weighted by Crippen LogP contribution is 2.39. The Bertz CT molecular complexity index is 1470. The number of halogens is 1. The zero-order chi connectivity index (χ0) is 27.4. The molecule has 4 aromatic rings. The van der Waals surface area contributed by atoms with E-state index in [4.69, 9.17) is 15.2 Å². The van der Waals surface area contributed by atoms with E-state index in [0.717, 1.165) is 27.9 Å². The summed E-state index contributed by atoms with van der Waals surface area (Å²) in [6.45, 7) is 7.55. The van der Waals surface area contributed by atoms with Crippen molar-refractivity contribution in [2.24, 2.45) is 5.73 Å². The van der Waals surface area contributed by atoms with Crippen LogP contribution in [0.2, 0.25) is 0 Å². The molecule has 7 nitrogen and oxygen atoms in total. The predicted molar refractivity (Wildman–Crippen MR) is 147 cm³/mol. The smallest absolute Gasteiger partial charge is 0.344 e. The molecule has 0 spiro atoms. The molecule has 1 aromatic heterocycles. The third-order valence-corrected chi connectivity index (χ3v) is 6.01. The molecule has 4 rings (SSSR count). The minimum Gasteiger partial charge on any atom is -0.481 e.